The number of aliphatic imine (C=N–C) groups is 1. The summed E-state index contributed by atoms with van der Waals surface area (Å²) in [4.78, 5) is 4.77. The van der Waals surface area contributed by atoms with Crippen LogP contribution in [0.1, 0.15) is 41.5 Å². The second kappa shape index (κ2) is 11.0. The van der Waals surface area contributed by atoms with Crippen molar-refractivity contribution in [3.8, 4) is 5.75 Å². The van der Waals surface area contributed by atoms with Crippen molar-refractivity contribution in [3.63, 3.8) is 0 Å². The Hall–Kier alpha value is -2.54. The minimum absolute atomic E-state index is 0.477. The number of benzene rings is 1. The number of ether oxygens (including phenoxy) is 2. The molecule has 0 amide bonds. The Morgan fingerprint density at radius 1 is 1.27 bits per heavy atom. The minimum Gasteiger partial charge on any atom is -0.493 e. The number of hydrogen-bond acceptors (Lipinski definition) is 5. The molecule has 7 nitrogen and oxygen atoms in total. The van der Waals surface area contributed by atoms with Gasteiger partial charge in [-0.05, 0) is 52.2 Å². The van der Waals surface area contributed by atoms with E-state index < -0.39 is 0 Å². The number of nitrogens with one attached hydrogen (secondary N) is 2. The molecule has 1 unspecified atom stereocenters. The van der Waals surface area contributed by atoms with Gasteiger partial charge in [0.2, 0.25) is 0 Å². The van der Waals surface area contributed by atoms with Gasteiger partial charge in [-0.25, -0.2) is 4.99 Å². The van der Waals surface area contributed by atoms with Gasteiger partial charge < -0.3 is 24.6 Å². The van der Waals surface area contributed by atoms with E-state index >= 15 is 0 Å². The number of rotatable bonds is 9. The van der Waals surface area contributed by atoms with Crippen molar-refractivity contribution >= 4 is 5.96 Å². The number of aryl methyl sites for hydroxylation is 3. The fourth-order valence-electron chi connectivity index (χ4n) is 3.52. The maximum absolute atomic E-state index is 6.14. The van der Waals surface area contributed by atoms with Gasteiger partial charge >= 0.3 is 0 Å². The lowest BCUT2D eigenvalue weighted by Crippen LogP contribution is -2.38. The molecular weight excluding hydrogens is 380 g/mol. The fourth-order valence-corrected chi connectivity index (χ4v) is 3.52. The molecule has 0 bridgehead atoms. The van der Waals surface area contributed by atoms with Crippen molar-refractivity contribution in [2.24, 2.45) is 10.9 Å². The van der Waals surface area contributed by atoms with E-state index in [9.17, 15) is 0 Å². The van der Waals surface area contributed by atoms with Gasteiger partial charge in [-0.1, -0.05) is 17.3 Å². The summed E-state index contributed by atoms with van der Waals surface area (Å²) in [6, 6.07) is 6.30. The third-order valence-corrected chi connectivity index (χ3v) is 5.32. The van der Waals surface area contributed by atoms with Gasteiger partial charge in [0, 0.05) is 36.7 Å². The molecule has 30 heavy (non-hydrogen) atoms. The van der Waals surface area contributed by atoms with Gasteiger partial charge in [-0.3, -0.25) is 0 Å². The van der Waals surface area contributed by atoms with E-state index in [1.807, 2.05) is 13.8 Å². The Labute approximate surface area is 179 Å². The molecule has 2 N–H and O–H groups in total. The second-order valence-electron chi connectivity index (χ2n) is 7.83. The van der Waals surface area contributed by atoms with E-state index in [1.165, 1.54) is 5.56 Å². The second-order valence-corrected chi connectivity index (χ2v) is 7.83. The molecule has 0 aliphatic carbocycles. The Bertz CT molecular complexity index is 821. The van der Waals surface area contributed by atoms with E-state index in [-0.39, 0.29) is 0 Å². The van der Waals surface area contributed by atoms with E-state index in [0.717, 1.165) is 73.4 Å². The van der Waals surface area contributed by atoms with Crippen molar-refractivity contribution in [1.29, 1.82) is 0 Å². The number of guanidine groups is 1. The predicted molar refractivity (Wildman–Crippen MR) is 118 cm³/mol. The quantitative estimate of drug-likeness (QED) is 0.484. The van der Waals surface area contributed by atoms with Crippen molar-refractivity contribution in [2.45, 2.75) is 47.1 Å². The van der Waals surface area contributed by atoms with Crippen molar-refractivity contribution in [1.82, 2.24) is 15.8 Å². The molecule has 164 valence electrons. The van der Waals surface area contributed by atoms with Gasteiger partial charge in [0.25, 0.3) is 0 Å². The molecule has 1 saturated heterocycles. The summed E-state index contributed by atoms with van der Waals surface area (Å²) in [5.74, 6) is 3.06. The van der Waals surface area contributed by atoms with Crippen LogP contribution >= 0.6 is 0 Å². The lowest BCUT2D eigenvalue weighted by Gasteiger charge is -2.15. The highest BCUT2D eigenvalue weighted by Crippen LogP contribution is 2.23. The van der Waals surface area contributed by atoms with Gasteiger partial charge in [0.05, 0.1) is 25.5 Å². The SMILES string of the molecule is CCNC(=NCc1ccc(C)cc1OCC1CCOC1)NCCc1c(C)noc1C. The van der Waals surface area contributed by atoms with Crippen LogP contribution in [0.15, 0.2) is 27.7 Å². The lowest BCUT2D eigenvalue weighted by molar-refractivity contribution is 0.166. The van der Waals surface area contributed by atoms with Crippen LogP contribution in [0.2, 0.25) is 0 Å². The average Bonchev–Trinajstić information content (AvgIpc) is 3.36. The summed E-state index contributed by atoms with van der Waals surface area (Å²) in [6.07, 6.45) is 1.91. The van der Waals surface area contributed by atoms with E-state index in [0.29, 0.717) is 19.1 Å². The van der Waals surface area contributed by atoms with Crippen LogP contribution in [-0.2, 0) is 17.7 Å². The molecule has 1 aromatic carbocycles. The minimum atomic E-state index is 0.477. The first-order chi connectivity index (χ1) is 14.6. The monoisotopic (exact) mass is 414 g/mol. The van der Waals surface area contributed by atoms with Crippen molar-refractivity contribution in [3.05, 3.63) is 46.3 Å². The summed E-state index contributed by atoms with van der Waals surface area (Å²) in [7, 11) is 0. The first-order valence-corrected chi connectivity index (χ1v) is 10.8. The standard InChI is InChI=1S/C23H34N4O3/c1-5-24-23(25-10-8-21-17(3)27-30-18(21)4)26-13-20-7-6-16(2)12-22(20)29-15-19-9-11-28-14-19/h6-7,12,19H,5,8-11,13-15H2,1-4H3,(H2,24,25,26). The molecule has 0 radical (unpaired) electrons. The molecule has 1 fully saturated rings. The molecule has 0 spiro atoms. The summed E-state index contributed by atoms with van der Waals surface area (Å²) in [5, 5.41) is 10.7. The maximum atomic E-state index is 6.14. The average molecular weight is 415 g/mol. The van der Waals surface area contributed by atoms with Crippen LogP contribution in [-0.4, -0.2) is 44.0 Å². The van der Waals surface area contributed by atoms with Gasteiger partial charge in [-0.2, -0.15) is 0 Å². The molecular formula is C23H34N4O3. The molecule has 1 aliphatic heterocycles. The van der Waals surface area contributed by atoms with Crippen LogP contribution in [0.25, 0.3) is 0 Å². The smallest absolute Gasteiger partial charge is 0.191 e. The third-order valence-electron chi connectivity index (χ3n) is 5.32. The summed E-state index contributed by atoms with van der Waals surface area (Å²) < 4.78 is 16.8. The first kappa shape index (κ1) is 22.2. The molecule has 1 atom stereocenters. The number of aromatic nitrogens is 1. The third kappa shape index (κ3) is 6.23. The maximum Gasteiger partial charge on any atom is 0.191 e. The summed E-state index contributed by atoms with van der Waals surface area (Å²) >= 11 is 0. The highest BCUT2D eigenvalue weighted by atomic mass is 16.5. The Kier molecular flexibility index (Phi) is 8.13. The van der Waals surface area contributed by atoms with Crippen molar-refractivity contribution in [2.75, 3.05) is 32.9 Å². The Balaban J connectivity index is 1.60. The van der Waals surface area contributed by atoms with E-state index in [2.05, 4.69) is 47.8 Å². The zero-order chi connectivity index (χ0) is 21.3. The molecule has 0 saturated carbocycles. The first-order valence-electron chi connectivity index (χ1n) is 10.8. The summed E-state index contributed by atoms with van der Waals surface area (Å²) in [6.45, 7) is 12.5. The van der Waals surface area contributed by atoms with Crippen LogP contribution in [0.5, 0.6) is 5.75 Å². The van der Waals surface area contributed by atoms with Crippen LogP contribution in [0, 0.1) is 26.7 Å². The highest BCUT2D eigenvalue weighted by molar-refractivity contribution is 5.79. The van der Waals surface area contributed by atoms with Crippen molar-refractivity contribution < 1.29 is 14.0 Å². The molecule has 1 aromatic heterocycles. The van der Waals surface area contributed by atoms with E-state index in [4.69, 9.17) is 19.0 Å². The highest BCUT2D eigenvalue weighted by Gasteiger charge is 2.17. The Morgan fingerprint density at radius 3 is 2.83 bits per heavy atom. The zero-order valence-electron chi connectivity index (χ0n) is 18.6. The topological polar surface area (TPSA) is 80.9 Å². The normalized spacial score (nSPS) is 16.7. The number of hydrogen-bond donors (Lipinski definition) is 2. The van der Waals surface area contributed by atoms with E-state index in [1.54, 1.807) is 0 Å². The van der Waals surface area contributed by atoms with Crippen LogP contribution < -0.4 is 15.4 Å². The van der Waals surface area contributed by atoms with Gasteiger partial charge in [0.15, 0.2) is 5.96 Å². The molecule has 7 heteroatoms. The summed E-state index contributed by atoms with van der Waals surface area (Å²) in [5.41, 5.74) is 4.38. The molecule has 2 aromatic rings. The Morgan fingerprint density at radius 2 is 2.13 bits per heavy atom. The molecule has 1 aliphatic rings. The largest absolute Gasteiger partial charge is 0.493 e. The fraction of sp³-hybridized carbons (Fsp3) is 0.565. The van der Waals surface area contributed by atoms with Crippen LogP contribution in [0.3, 0.4) is 0 Å². The molecule has 3 rings (SSSR count). The van der Waals surface area contributed by atoms with Gasteiger partial charge in [-0.15, -0.1) is 0 Å². The van der Waals surface area contributed by atoms with Gasteiger partial charge in [0.1, 0.15) is 11.5 Å². The predicted octanol–water partition coefficient (Wildman–Crippen LogP) is 3.31. The molecule has 2 heterocycles. The lowest BCUT2D eigenvalue weighted by atomic mass is 10.1. The number of nitrogens with zero attached hydrogens (tertiary/aromatic N) is 2. The zero-order valence-corrected chi connectivity index (χ0v) is 18.6. The van der Waals surface area contributed by atoms with Crippen LogP contribution in [0.4, 0.5) is 0 Å².